The van der Waals surface area contributed by atoms with Crippen LogP contribution in [-0.2, 0) is 10.0 Å². The summed E-state index contributed by atoms with van der Waals surface area (Å²) in [5, 5.41) is 0. The molecule has 18 heavy (non-hydrogen) atoms. The van der Waals surface area contributed by atoms with E-state index in [1.54, 1.807) is 0 Å². The second-order valence-electron chi connectivity index (χ2n) is 4.14. The first-order chi connectivity index (χ1) is 8.83. The van der Waals surface area contributed by atoms with Crippen molar-refractivity contribution in [2.75, 3.05) is 0 Å². The third-order valence-electron chi connectivity index (χ3n) is 3.18. The lowest BCUT2D eigenvalue weighted by Gasteiger charge is -2.32. The monoisotopic (exact) mass is 252 g/mol. The number of terminal acetylenes is 1. The Balaban J connectivity index is 2.58. The van der Waals surface area contributed by atoms with Crippen LogP contribution in [0.4, 0.5) is 0 Å². The second-order valence-corrected chi connectivity index (χ2v) is 4.55. The molecule has 0 saturated carbocycles. The summed E-state index contributed by atoms with van der Waals surface area (Å²) in [6, 6.07) is 20.4. The van der Waals surface area contributed by atoms with E-state index in [0.717, 1.165) is 11.1 Å². The van der Waals surface area contributed by atoms with Crippen molar-refractivity contribution < 1.29 is 4.43 Å². The average Bonchev–Trinajstić information content (AvgIpc) is 2.47. The van der Waals surface area contributed by atoms with Crippen molar-refractivity contribution >= 4 is 10.5 Å². The van der Waals surface area contributed by atoms with Crippen LogP contribution >= 0.6 is 0 Å². The highest BCUT2D eigenvalue weighted by atomic mass is 28.2. The molecule has 0 aliphatic rings. The highest BCUT2D eigenvalue weighted by Crippen LogP contribution is 2.35. The minimum atomic E-state index is -0.497. The van der Waals surface area contributed by atoms with Crippen molar-refractivity contribution in [1.82, 2.24) is 0 Å². The largest absolute Gasteiger partial charge is 0.414 e. The van der Waals surface area contributed by atoms with E-state index in [4.69, 9.17) is 10.8 Å². The number of hydrogen-bond acceptors (Lipinski definition) is 1. The molecule has 90 valence electrons. The molecule has 0 bridgehead atoms. The summed E-state index contributed by atoms with van der Waals surface area (Å²) in [5.41, 5.74) is 1.73. The predicted octanol–water partition coefficient (Wildman–Crippen LogP) is 2.25. The van der Waals surface area contributed by atoms with E-state index in [2.05, 4.69) is 30.2 Å². The Morgan fingerprint density at radius 3 is 1.72 bits per heavy atom. The Labute approximate surface area is 111 Å². The zero-order chi connectivity index (χ0) is 12.8. The molecule has 2 heteroatoms. The maximum Gasteiger partial charge on any atom is 0.147 e. The van der Waals surface area contributed by atoms with Gasteiger partial charge in [-0.3, -0.25) is 0 Å². The maximum atomic E-state index is 5.95. The molecule has 0 aromatic heterocycles. The Kier molecular flexibility index (Phi) is 3.98. The minimum Gasteiger partial charge on any atom is -0.414 e. The molecule has 0 unspecified atom stereocenters. The molecule has 0 atom stereocenters. The van der Waals surface area contributed by atoms with Gasteiger partial charge in [-0.05, 0) is 11.1 Å². The van der Waals surface area contributed by atoms with Crippen molar-refractivity contribution in [2.45, 2.75) is 12.0 Å². The Hall–Kier alpha value is -1.82. The van der Waals surface area contributed by atoms with Crippen LogP contribution in [0.3, 0.4) is 0 Å². The lowest BCUT2D eigenvalue weighted by molar-refractivity contribution is 0.131. The molecule has 2 aromatic carbocycles. The van der Waals surface area contributed by atoms with Gasteiger partial charge in [-0.2, -0.15) is 0 Å². The van der Waals surface area contributed by atoms with Crippen molar-refractivity contribution in [2.24, 2.45) is 0 Å². The van der Waals surface area contributed by atoms with Crippen LogP contribution < -0.4 is 0 Å². The van der Waals surface area contributed by atoms with E-state index < -0.39 is 5.60 Å². The first-order valence-electron chi connectivity index (χ1n) is 5.93. The van der Waals surface area contributed by atoms with Crippen LogP contribution in [0.1, 0.15) is 17.5 Å². The molecule has 0 aliphatic carbocycles. The molecule has 0 radical (unpaired) electrons. The summed E-state index contributed by atoms with van der Waals surface area (Å²) in [5.74, 6) is 2.75. The highest BCUT2D eigenvalue weighted by molar-refractivity contribution is 5.98. The first kappa shape index (κ1) is 12.6. The van der Waals surface area contributed by atoms with E-state index in [1.807, 2.05) is 36.4 Å². The van der Waals surface area contributed by atoms with E-state index in [0.29, 0.717) is 16.9 Å². The van der Waals surface area contributed by atoms with Crippen LogP contribution in [0.15, 0.2) is 60.7 Å². The fourth-order valence-corrected chi connectivity index (χ4v) is 2.85. The molecule has 2 rings (SSSR count). The molecule has 0 heterocycles. The molecule has 0 aliphatic heterocycles. The standard InChI is InChI=1S/C16H16OSi/c1-2-13-16(17-18,14-9-5-3-6-10-14)15-11-7-4-8-12-15/h1,3-12H,13H2,18H3. The SMILES string of the molecule is C#CCC(O[SiH3])(c1ccccc1)c1ccccc1. The zero-order valence-corrected chi connectivity index (χ0v) is 12.5. The van der Waals surface area contributed by atoms with Gasteiger partial charge in [0.15, 0.2) is 0 Å². The van der Waals surface area contributed by atoms with Crippen LogP contribution in [0.2, 0.25) is 0 Å². The number of hydrogen-bond donors (Lipinski definition) is 0. The molecule has 0 fully saturated rings. The second kappa shape index (κ2) is 5.68. The topological polar surface area (TPSA) is 9.23 Å². The third kappa shape index (κ3) is 2.24. The van der Waals surface area contributed by atoms with Crippen LogP contribution in [0, 0.1) is 12.3 Å². The van der Waals surface area contributed by atoms with E-state index in [9.17, 15) is 0 Å². The van der Waals surface area contributed by atoms with Crippen molar-refractivity contribution in [1.29, 1.82) is 0 Å². The van der Waals surface area contributed by atoms with Crippen LogP contribution in [-0.4, -0.2) is 10.5 Å². The summed E-state index contributed by atoms with van der Waals surface area (Å²) >= 11 is 0. The molecule has 2 aromatic rings. The van der Waals surface area contributed by atoms with Gasteiger partial charge in [-0.1, -0.05) is 60.7 Å². The number of benzene rings is 2. The quantitative estimate of drug-likeness (QED) is 0.599. The van der Waals surface area contributed by atoms with Gasteiger partial charge in [0.25, 0.3) is 0 Å². The summed E-state index contributed by atoms with van der Waals surface area (Å²) in [6.45, 7) is 0. The highest BCUT2D eigenvalue weighted by Gasteiger charge is 2.32. The van der Waals surface area contributed by atoms with Gasteiger partial charge >= 0.3 is 0 Å². The molecular weight excluding hydrogens is 236 g/mol. The van der Waals surface area contributed by atoms with Crippen molar-refractivity contribution in [3.8, 4) is 12.3 Å². The molecule has 1 nitrogen and oxygen atoms in total. The summed E-state index contributed by atoms with van der Waals surface area (Å²) in [6.07, 6.45) is 6.10. The fraction of sp³-hybridized carbons (Fsp3) is 0.125. The minimum absolute atomic E-state index is 0.497. The van der Waals surface area contributed by atoms with Gasteiger partial charge in [0.05, 0.1) is 0 Å². The molecular formula is C16H16OSi. The summed E-state index contributed by atoms with van der Waals surface area (Å²) < 4.78 is 5.95. The summed E-state index contributed by atoms with van der Waals surface area (Å²) in [4.78, 5) is 0. The normalized spacial score (nSPS) is 11.1. The smallest absolute Gasteiger partial charge is 0.147 e. The van der Waals surface area contributed by atoms with Gasteiger partial charge in [-0.25, -0.2) is 0 Å². The molecule has 0 saturated heterocycles. The van der Waals surface area contributed by atoms with Gasteiger partial charge in [0.1, 0.15) is 16.1 Å². The van der Waals surface area contributed by atoms with Gasteiger partial charge < -0.3 is 4.43 Å². The van der Waals surface area contributed by atoms with Gasteiger partial charge in [0.2, 0.25) is 0 Å². The van der Waals surface area contributed by atoms with Gasteiger partial charge in [0, 0.05) is 6.42 Å². The van der Waals surface area contributed by atoms with E-state index in [1.165, 1.54) is 0 Å². The molecule has 0 spiro atoms. The lowest BCUT2D eigenvalue weighted by atomic mass is 9.84. The van der Waals surface area contributed by atoms with Gasteiger partial charge in [-0.15, -0.1) is 12.3 Å². The molecule has 0 N–H and O–H groups in total. The maximum absolute atomic E-state index is 5.95. The van der Waals surface area contributed by atoms with Crippen LogP contribution in [0.5, 0.6) is 0 Å². The lowest BCUT2D eigenvalue weighted by Crippen LogP contribution is -2.30. The van der Waals surface area contributed by atoms with Crippen LogP contribution in [0.25, 0.3) is 0 Å². The Morgan fingerprint density at radius 2 is 1.39 bits per heavy atom. The molecule has 0 amide bonds. The van der Waals surface area contributed by atoms with Crippen molar-refractivity contribution in [3.63, 3.8) is 0 Å². The first-order valence-corrected chi connectivity index (χ1v) is 6.75. The van der Waals surface area contributed by atoms with Crippen molar-refractivity contribution in [3.05, 3.63) is 71.8 Å². The predicted molar refractivity (Wildman–Crippen MR) is 78.1 cm³/mol. The average molecular weight is 252 g/mol. The van der Waals surface area contributed by atoms with E-state index in [-0.39, 0.29) is 0 Å². The zero-order valence-electron chi connectivity index (χ0n) is 10.5. The Morgan fingerprint density at radius 1 is 0.944 bits per heavy atom. The van der Waals surface area contributed by atoms with E-state index >= 15 is 0 Å². The summed E-state index contributed by atoms with van der Waals surface area (Å²) in [7, 11) is 0.634. The Bertz CT molecular complexity index is 489. The fourth-order valence-electron chi connectivity index (χ4n) is 2.24. The number of rotatable bonds is 4. The third-order valence-corrected chi connectivity index (χ3v) is 3.88.